The second-order valence-corrected chi connectivity index (χ2v) is 3.76. The summed E-state index contributed by atoms with van der Waals surface area (Å²) >= 11 is 1.62. The molecule has 1 atom stereocenters. The van der Waals surface area contributed by atoms with E-state index in [1.165, 1.54) is 0 Å². The monoisotopic (exact) mass is 194 g/mol. The summed E-state index contributed by atoms with van der Waals surface area (Å²) in [5.41, 5.74) is 5.65. The Morgan fingerprint density at radius 2 is 2.46 bits per heavy atom. The average molecular weight is 194 g/mol. The molecule has 0 spiro atoms. The summed E-state index contributed by atoms with van der Waals surface area (Å²) in [5, 5.41) is 8.89. The molecule has 1 unspecified atom stereocenters. The zero-order valence-electron chi connectivity index (χ0n) is 7.19. The number of hydrogen-bond acceptors (Lipinski definition) is 4. The molecule has 0 bridgehead atoms. The van der Waals surface area contributed by atoms with Crippen molar-refractivity contribution in [2.45, 2.75) is 13.0 Å². The quantitative estimate of drug-likeness (QED) is 0.762. The number of H-pyrrole nitrogens is 1. The van der Waals surface area contributed by atoms with Crippen molar-refractivity contribution < 1.29 is 0 Å². The number of thiophene rings is 1. The van der Waals surface area contributed by atoms with E-state index < -0.39 is 0 Å². The Hall–Kier alpha value is -1.20. The Balaban J connectivity index is 2.33. The fourth-order valence-corrected chi connectivity index (χ4v) is 1.65. The standard InChI is InChI=1S/C8H10N4S/c1-5(9)7-10-8(12-11-7)6-3-2-4-13-6/h2-5H,9H2,1H3,(H,10,11,12). The summed E-state index contributed by atoms with van der Waals surface area (Å²) in [6, 6.07) is 3.86. The minimum Gasteiger partial charge on any atom is -0.322 e. The smallest absolute Gasteiger partial charge is 0.191 e. The van der Waals surface area contributed by atoms with Crippen molar-refractivity contribution in [3.8, 4) is 10.7 Å². The molecule has 2 rings (SSSR count). The molecule has 0 aromatic carbocycles. The van der Waals surface area contributed by atoms with Crippen molar-refractivity contribution in [2.75, 3.05) is 0 Å². The molecule has 0 aliphatic rings. The van der Waals surface area contributed by atoms with E-state index in [1.54, 1.807) is 11.3 Å². The van der Waals surface area contributed by atoms with Crippen molar-refractivity contribution in [1.82, 2.24) is 15.2 Å². The maximum absolute atomic E-state index is 5.65. The molecule has 5 heteroatoms. The fraction of sp³-hybridized carbons (Fsp3) is 0.250. The first kappa shape index (κ1) is 8.40. The Morgan fingerprint density at radius 1 is 1.62 bits per heavy atom. The van der Waals surface area contributed by atoms with Crippen LogP contribution in [0.3, 0.4) is 0 Å². The van der Waals surface area contributed by atoms with Gasteiger partial charge in [-0.25, -0.2) is 4.98 Å². The normalized spacial score (nSPS) is 13.1. The Bertz CT molecular complexity index is 377. The maximum atomic E-state index is 5.65. The first-order valence-corrected chi connectivity index (χ1v) is 4.87. The molecule has 0 fully saturated rings. The lowest BCUT2D eigenvalue weighted by molar-refractivity contribution is 0.745. The van der Waals surface area contributed by atoms with Crippen LogP contribution in [0, 0.1) is 0 Å². The molecule has 4 nitrogen and oxygen atoms in total. The molecule has 68 valence electrons. The van der Waals surface area contributed by atoms with E-state index in [0.29, 0.717) is 0 Å². The lowest BCUT2D eigenvalue weighted by Crippen LogP contribution is -2.06. The van der Waals surface area contributed by atoms with Gasteiger partial charge in [-0.2, -0.15) is 5.10 Å². The van der Waals surface area contributed by atoms with Gasteiger partial charge in [0.2, 0.25) is 0 Å². The summed E-state index contributed by atoms with van der Waals surface area (Å²) in [7, 11) is 0. The predicted molar refractivity (Wildman–Crippen MR) is 52.3 cm³/mol. The molecule has 2 aromatic rings. The van der Waals surface area contributed by atoms with Crippen LogP contribution in [0.15, 0.2) is 17.5 Å². The number of nitrogens with two attached hydrogens (primary N) is 1. The predicted octanol–water partition coefficient (Wildman–Crippen LogP) is 1.55. The van der Waals surface area contributed by atoms with Gasteiger partial charge in [-0.1, -0.05) is 6.07 Å². The SMILES string of the molecule is CC(N)c1nc(-c2cccs2)n[nH]1. The van der Waals surface area contributed by atoms with Crippen LogP contribution in [0.2, 0.25) is 0 Å². The van der Waals surface area contributed by atoms with Crippen LogP contribution >= 0.6 is 11.3 Å². The number of aromatic nitrogens is 3. The van der Waals surface area contributed by atoms with Crippen molar-refractivity contribution >= 4 is 11.3 Å². The van der Waals surface area contributed by atoms with E-state index in [2.05, 4.69) is 15.2 Å². The topological polar surface area (TPSA) is 67.6 Å². The van der Waals surface area contributed by atoms with E-state index in [1.807, 2.05) is 24.4 Å². The van der Waals surface area contributed by atoms with Gasteiger partial charge in [-0.05, 0) is 18.4 Å². The third kappa shape index (κ3) is 1.61. The number of nitrogens with zero attached hydrogens (tertiary/aromatic N) is 2. The lowest BCUT2D eigenvalue weighted by Gasteiger charge is -1.95. The van der Waals surface area contributed by atoms with Crippen LogP contribution in [-0.2, 0) is 0 Å². The summed E-state index contributed by atoms with van der Waals surface area (Å²) in [4.78, 5) is 5.33. The van der Waals surface area contributed by atoms with Gasteiger partial charge in [0.15, 0.2) is 5.82 Å². The highest BCUT2D eigenvalue weighted by molar-refractivity contribution is 7.13. The third-order valence-corrected chi connectivity index (χ3v) is 2.54. The molecule has 2 heterocycles. The van der Waals surface area contributed by atoms with E-state index in [9.17, 15) is 0 Å². The molecule has 3 N–H and O–H groups in total. The summed E-state index contributed by atoms with van der Waals surface area (Å²) in [6.45, 7) is 1.87. The van der Waals surface area contributed by atoms with Crippen molar-refractivity contribution in [2.24, 2.45) is 5.73 Å². The van der Waals surface area contributed by atoms with Crippen LogP contribution in [0.5, 0.6) is 0 Å². The van der Waals surface area contributed by atoms with Crippen LogP contribution in [0.1, 0.15) is 18.8 Å². The molecule has 0 saturated carbocycles. The minimum absolute atomic E-state index is 0.0961. The van der Waals surface area contributed by atoms with Crippen molar-refractivity contribution in [1.29, 1.82) is 0 Å². The van der Waals surface area contributed by atoms with E-state index in [4.69, 9.17) is 5.73 Å². The van der Waals surface area contributed by atoms with Gasteiger partial charge in [0.1, 0.15) is 5.82 Å². The molecule has 13 heavy (non-hydrogen) atoms. The van der Waals surface area contributed by atoms with Gasteiger partial charge in [-0.15, -0.1) is 11.3 Å². The first-order chi connectivity index (χ1) is 6.27. The molecule has 0 saturated heterocycles. The first-order valence-electron chi connectivity index (χ1n) is 3.99. The Morgan fingerprint density at radius 3 is 3.00 bits per heavy atom. The molecule has 0 amide bonds. The van der Waals surface area contributed by atoms with Gasteiger partial charge in [-0.3, -0.25) is 5.10 Å². The van der Waals surface area contributed by atoms with E-state index in [0.717, 1.165) is 16.5 Å². The summed E-state index contributed by atoms with van der Waals surface area (Å²) in [6.07, 6.45) is 0. The van der Waals surface area contributed by atoms with Crippen LogP contribution < -0.4 is 5.73 Å². The van der Waals surface area contributed by atoms with Gasteiger partial charge in [0.25, 0.3) is 0 Å². The molecule has 0 radical (unpaired) electrons. The molecular weight excluding hydrogens is 184 g/mol. The van der Waals surface area contributed by atoms with Gasteiger partial charge in [0, 0.05) is 0 Å². The van der Waals surface area contributed by atoms with Crippen LogP contribution in [-0.4, -0.2) is 15.2 Å². The Labute approximate surface area is 79.8 Å². The van der Waals surface area contributed by atoms with Crippen LogP contribution in [0.25, 0.3) is 10.7 Å². The highest BCUT2D eigenvalue weighted by Gasteiger charge is 2.08. The highest BCUT2D eigenvalue weighted by Crippen LogP contribution is 2.21. The molecule has 2 aromatic heterocycles. The zero-order chi connectivity index (χ0) is 9.26. The van der Waals surface area contributed by atoms with E-state index in [-0.39, 0.29) is 6.04 Å². The number of hydrogen-bond donors (Lipinski definition) is 2. The zero-order valence-corrected chi connectivity index (χ0v) is 8.01. The Kier molecular flexibility index (Phi) is 2.12. The second kappa shape index (κ2) is 3.27. The average Bonchev–Trinajstić information content (AvgIpc) is 2.75. The van der Waals surface area contributed by atoms with E-state index >= 15 is 0 Å². The molecule has 0 aliphatic heterocycles. The van der Waals surface area contributed by atoms with Crippen molar-refractivity contribution in [3.63, 3.8) is 0 Å². The maximum Gasteiger partial charge on any atom is 0.191 e. The van der Waals surface area contributed by atoms with Crippen LogP contribution in [0.4, 0.5) is 0 Å². The molecular formula is C8H10N4S. The summed E-state index contributed by atoms with van der Waals surface area (Å²) in [5.74, 6) is 1.45. The third-order valence-electron chi connectivity index (χ3n) is 1.68. The second-order valence-electron chi connectivity index (χ2n) is 2.81. The largest absolute Gasteiger partial charge is 0.322 e. The number of aromatic amines is 1. The lowest BCUT2D eigenvalue weighted by atomic mass is 10.3. The highest BCUT2D eigenvalue weighted by atomic mass is 32.1. The van der Waals surface area contributed by atoms with Gasteiger partial charge >= 0.3 is 0 Å². The molecule has 0 aliphatic carbocycles. The van der Waals surface area contributed by atoms with Crippen molar-refractivity contribution in [3.05, 3.63) is 23.3 Å². The number of nitrogens with one attached hydrogen (secondary N) is 1. The van der Waals surface area contributed by atoms with Gasteiger partial charge in [0.05, 0.1) is 10.9 Å². The fourth-order valence-electron chi connectivity index (χ4n) is 0.994. The number of rotatable bonds is 2. The summed E-state index contributed by atoms with van der Waals surface area (Å²) < 4.78 is 0. The van der Waals surface area contributed by atoms with Gasteiger partial charge < -0.3 is 5.73 Å². The minimum atomic E-state index is -0.0961.